The van der Waals surface area contributed by atoms with Gasteiger partial charge >= 0.3 is 0 Å². The summed E-state index contributed by atoms with van der Waals surface area (Å²) in [7, 11) is 0. The minimum absolute atomic E-state index is 0.0872. The first-order valence-electron chi connectivity index (χ1n) is 18.3. The molecule has 0 unspecified atom stereocenters. The zero-order chi connectivity index (χ0) is 35.8. The summed E-state index contributed by atoms with van der Waals surface area (Å²) in [5, 5.41) is 4.77. The fraction of sp³-hybridized carbons (Fsp3) is 0.163. The Morgan fingerprint density at radius 2 is 1.06 bits per heavy atom. The molecule has 0 amide bonds. The molecule has 0 saturated carbocycles. The fourth-order valence-corrected chi connectivity index (χ4v) is 7.74. The predicted molar refractivity (Wildman–Crippen MR) is 222 cm³/mol. The Morgan fingerprint density at radius 1 is 0.481 bits per heavy atom. The number of benzene rings is 6. The number of fused-ring (bicyclic) bond motifs is 6. The zero-order valence-corrected chi connectivity index (χ0v) is 30.8. The summed E-state index contributed by atoms with van der Waals surface area (Å²) in [6, 6.07) is 53.4. The Labute approximate surface area is 305 Å². The summed E-state index contributed by atoms with van der Waals surface area (Å²) in [6.07, 6.45) is 0. The lowest BCUT2D eigenvalue weighted by Gasteiger charge is -2.20. The average molecular weight is 674 g/mol. The van der Waals surface area contributed by atoms with Crippen LogP contribution in [0.5, 0.6) is 0 Å². The Hall–Kier alpha value is -5.93. The first-order valence-corrected chi connectivity index (χ1v) is 18.3. The standard InChI is InChI=1S/C49H43N3/c1-48(2,3)35-22-18-31(19-23-35)33-28-34(32-20-24-36(25-21-32)49(4,5)6)30-37(29-33)52-45-17-10-8-13-39(45)41-26-27-44(51-47(41)52)42-15-11-14-40-38-12-7-9-16-43(38)50-46(40)42/h7-30,50H,1-6H3. The molecule has 3 heteroatoms. The molecule has 3 nitrogen and oxygen atoms in total. The van der Waals surface area contributed by atoms with Crippen molar-refractivity contribution in [2.24, 2.45) is 0 Å². The minimum Gasteiger partial charge on any atom is -0.354 e. The lowest BCUT2D eigenvalue weighted by atomic mass is 9.85. The first-order chi connectivity index (χ1) is 25.0. The Balaban J connectivity index is 1.28. The second-order valence-electron chi connectivity index (χ2n) is 16.2. The van der Waals surface area contributed by atoms with Crippen molar-refractivity contribution in [3.8, 4) is 39.2 Å². The largest absolute Gasteiger partial charge is 0.354 e. The number of para-hydroxylation sites is 3. The molecule has 9 rings (SSSR count). The molecule has 52 heavy (non-hydrogen) atoms. The number of hydrogen-bond acceptors (Lipinski definition) is 1. The van der Waals surface area contributed by atoms with Crippen LogP contribution in [-0.2, 0) is 10.8 Å². The van der Waals surface area contributed by atoms with Crippen molar-refractivity contribution in [2.45, 2.75) is 52.4 Å². The van der Waals surface area contributed by atoms with Crippen molar-refractivity contribution in [1.82, 2.24) is 14.5 Å². The second-order valence-corrected chi connectivity index (χ2v) is 16.2. The highest BCUT2D eigenvalue weighted by Crippen LogP contribution is 2.39. The van der Waals surface area contributed by atoms with Crippen LogP contribution in [0.3, 0.4) is 0 Å². The van der Waals surface area contributed by atoms with Crippen molar-refractivity contribution < 1.29 is 0 Å². The van der Waals surface area contributed by atoms with Crippen LogP contribution in [-0.4, -0.2) is 14.5 Å². The number of aromatic amines is 1. The van der Waals surface area contributed by atoms with Crippen molar-refractivity contribution in [1.29, 1.82) is 0 Å². The third kappa shape index (κ3) is 5.40. The number of aromatic nitrogens is 3. The maximum Gasteiger partial charge on any atom is 0.146 e. The van der Waals surface area contributed by atoms with Crippen molar-refractivity contribution in [3.05, 3.63) is 157 Å². The normalized spacial score (nSPS) is 12.4. The van der Waals surface area contributed by atoms with E-state index in [1.165, 1.54) is 49.5 Å². The molecule has 0 bridgehead atoms. The quantitative estimate of drug-likeness (QED) is 0.198. The Bertz CT molecular complexity index is 2700. The first kappa shape index (κ1) is 32.0. The van der Waals surface area contributed by atoms with Gasteiger partial charge in [0, 0.05) is 38.3 Å². The van der Waals surface area contributed by atoms with Crippen LogP contribution < -0.4 is 0 Å². The van der Waals surface area contributed by atoms with Crippen LogP contribution in [0.1, 0.15) is 52.7 Å². The minimum atomic E-state index is 0.0872. The van der Waals surface area contributed by atoms with Crippen LogP contribution in [0.4, 0.5) is 0 Å². The molecule has 0 atom stereocenters. The number of nitrogens with one attached hydrogen (secondary N) is 1. The van der Waals surface area contributed by atoms with E-state index in [0.717, 1.165) is 44.5 Å². The number of nitrogens with zero attached hydrogens (tertiary/aromatic N) is 2. The van der Waals surface area contributed by atoms with Gasteiger partial charge in [0.2, 0.25) is 0 Å². The molecule has 3 heterocycles. The maximum atomic E-state index is 5.50. The number of H-pyrrole nitrogens is 1. The van der Waals surface area contributed by atoms with E-state index in [0.29, 0.717) is 0 Å². The fourth-order valence-electron chi connectivity index (χ4n) is 7.74. The molecule has 0 aliphatic heterocycles. The molecule has 9 aromatic rings. The summed E-state index contributed by atoms with van der Waals surface area (Å²) in [5.74, 6) is 0. The van der Waals surface area contributed by atoms with E-state index < -0.39 is 0 Å². The van der Waals surface area contributed by atoms with E-state index in [1.807, 2.05) is 0 Å². The summed E-state index contributed by atoms with van der Waals surface area (Å²) < 4.78 is 2.36. The van der Waals surface area contributed by atoms with Crippen molar-refractivity contribution in [2.75, 3.05) is 0 Å². The monoisotopic (exact) mass is 673 g/mol. The van der Waals surface area contributed by atoms with Gasteiger partial charge in [0.15, 0.2) is 0 Å². The van der Waals surface area contributed by atoms with E-state index in [9.17, 15) is 0 Å². The number of rotatable bonds is 4. The Morgan fingerprint density at radius 3 is 1.69 bits per heavy atom. The lowest BCUT2D eigenvalue weighted by molar-refractivity contribution is 0.590. The van der Waals surface area contributed by atoms with E-state index in [-0.39, 0.29) is 10.8 Å². The summed E-state index contributed by atoms with van der Waals surface area (Å²) in [4.78, 5) is 9.20. The van der Waals surface area contributed by atoms with E-state index in [4.69, 9.17) is 4.98 Å². The molecule has 0 aliphatic carbocycles. The lowest BCUT2D eigenvalue weighted by Crippen LogP contribution is -2.10. The molecule has 0 radical (unpaired) electrons. The topological polar surface area (TPSA) is 33.6 Å². The van der Waals surface area contributed by atoms with Crippen molar-refractivity contribution >= 4 is 43.7 Å². The van der Waals surface area contributed by atoms with Gasteiger partial charge in [0.25, 0.3) is 0 Å². The molecular weight excluding hydrogens is 631 g/mol. The highest BCUT2D eigenvalue weighted by molar-refractivity contribution is 6.13. The third-order valence-electron chi connectivity index (χ3n) is 10.7. The molecular formula is C49H43N3. The highest BCUT2D eigenvalue weighted by Gasteiger charge is 2.19. The van der Waals surface area contributed by atoms with Crippen LogP contribution in [0.25, 0.3) is 82.9 Å². The predicted octanol–water partition coefficient (Wildman–Crippen LogP) is 13.4. The zero-order valence-electron chi connectivity index (χ0n) is 30.8. The molecule has 1 N–H and O–H groups in total. The molecule has 0 aliphatic rings. The molecule has 0 spiro atoms. The van der Waals surface area contributed by atoms with Gasteiger partial charge in [-0.05, 0) is 86.7 Å². The second kappa shape index (κ2) is 11.8. The van der Waals surface area contributed by atoms with Gasteiger partial charge in [-0.2, -0.15) is 0 Å². The summed E-state index contributed by atoms with van der Waals surface area (Å²) >= 11 is 0. The van der Waals surface area contributed by atoms with Gasteiger partial charge in [-0.15, -0.1) is 0 Å². The molecule has 0 fully saturated rings. The van der Waals surface area contributed by atoms with Gasteiger partial charge < -0.3 is 4.98 Å². The van der Waals surface area contributed by atoms with E-state index in [1.54, 1.807) is 0 Å². The third-order valence-corrected chi connectivity index (χ3v) is 10.7. The highest BCUT2D eigenvalue weighted by atomic mass is 15.0. The molecule has 0 saturated heterocycles. The van der Waals surface area contributed by atoms with Gasteiger partial charge in [0.1, 0.15) is 5.65 Å². The number of pyridine rings is 1. The SMILES string of the molecule is CC(C)(C)c1ccc(-c2cc(-c3ccc(C(C)(C)C)cc3)cc(-n3c4ccccc4c4ccc(-c5cccc6c5[nH]c5ccccc56)nc43)c2)cc1. The molecule has 3 aromatic heterocycles. The van der Waals surface area contributed by atoms with Crippen LogP contribution in [0.15, 0.2) is 146 Å². The number of hydrogen-bond donors (Lipinski definition) is 1. The van der Waals surface area contributed by atoms with Gasteiger partial charge in [0.05, 0.1) is 16.7 Å². The molecule has 254 valence electrons. The average Bonchev–Trinajstić information content (AvgIpc) is 3.70. The van der Waals surface area contributed by atoms with Gasteiger partial charge in [-0.3, -0.25) is 4.57 Å². The van der Waals surface area contributed by atoms with Crippen LogP contribution in [0.2, 0.25) is 0 Å². The van der Waals surface area contributed by atoms with E-state index >= 15 is 0 Å². The smallest absolute Gasteiger partial charge is 0.146 e. The van der Waals surface area contributed by atoms with Crippen molar-refractivity contribution in [3.63, 3.8) is 0 Å². The summed E-state index contributed by atoms with van der Waals surface area (Å²) in [6.45, 7) is 13.6. The summed E-state index contributed by atoms with van der Waals surface area (Å²) in [5.41, 5.74) is 15.0. The van der Waals surface area contributed by atoms with Crippen LogP contribution >= 0.6 is 0 Å². The van der Waals surface area contributed by atoms with Gasteiger partial charge in [-0.1, -0.05) is 145 Å². The van der Waals surface area contributed by atoms with Gasteiger partial charge in [-0.25, -0.2) is 4.98 Å². The van der Waals surface area contributed by atoms with Crippen LogP contribution in [0, 0.1) is 0 Å². The Kier molecular flexibility index (Phi) is 7.27. The maximum absolute atomic E-state index is 5.50. The molecule has 6 aromatic carbocycles. The van der Waals surface area contributed by atoms with E-state index in [2.05, 4.69) is 197 Å².